The molecule has 0 radical (unpaired) electrons. The van der Waals surface area contributed by atoms with E-state index in [2.05, 4.69) is 31.2 Å². The van der Waals surface area contributed by atoms with E-state index in [9.17, 15) is 13.2 Å². The van der Waals surface area contributed by atoms with Gasteiger partial charge in [0.25, 0.3) is 5.91 Å². The lowest BCUT2D eigenvalue weighted by molar-refractivity contribution is -0.119. The molecule has 0 saturated carbocycles. The molecule has 0 aromatic heterocycles. The molecule has 2 aromatic carbocycles. The van der Waals surface area contributed by atoms with Gasteiger partial charge in [-0.1, -0.05) is 17.7 Å². The lowest BCUT2D eigenvalue weighted by Gasteiger charge is -2.06. The number of aryl methyl sites for hydroxylation is 1. The standard InChI is InChI=1S/C17H16BrN3O5S/c1-11-2-4-13(5-3-11)27(23,24)20-9-17(22)21-19-8-12-6-15-16(7-14(12)18)26-10-25-15/h2-8,20H,9-10H2,1H3,(H,21,22). The second kappa shape index (κ2) is 8.07. The second-order valence-corrected chi connectivity index (χ2v) is 8.28. The Kier molecular flexibility index (Phi) is 5.78. The molecular formula is C17H16BrN3O5S. The largest absolute Gasteiger partial charge is 0.454 e. The molecule has 8 nitrogen and oxygen atoms in total. The predicted molar refractivity (Wildman–Crippen MR) is 102 cm³/mol. The Hall–Kier alpha value is -2.43. The van der Waals surface area contributed by atoms with Crippen molar-refractivity contribution in [3.8, 4) is 11.5 Å². The van der Waals surface area contributed by atoms with E-state index in [1.54, 1.807) is 24.3 Å². The van der Waals surface area contributed by atoms with Gasteiger partial charge >= 0.3 is 0 Å². The predicted octanol–water partition coefficient (Wildman–Crippen LogP) is 1.91. The molecule has 142 valence electrons. The zero-order valence-electron chi connectivity index (χ0n) is 14.2. The molecule has 27 heavy (non-hydrogen) atoms. The SMILES string of the molecule is Cc1ccc(S(=O)(=O)NCC(=O)NN=Cc2cc3c(cc2Br)OCO3)cc1. The van der Waals surface area contributed by atoms with Crippen molar-refractivity contribution in [1.29, 1.82) is 0 Å². The first-order chi connectivity index (χ1) is 12.8. The molecule has 0 unspecified atom stereocenters. The Bertz CT molecular complexity index is 990. The van der Waals surface area contributed by atoms with Gasteiger partial charge in [-0.25, -0.2) is 18.6 Å². The van der Waals surface area contributed by atoms with Crippen molar-refractivity contribution in [2.45, 2.75) is 11.8 Å². The van der Waals surface area contributed by atoms with Crippen LogP contribution in [-0.4, -0.2) is 33.9 Å². The number of halogens is 1. The molecule has 2 N–H and O–H groups in total. The summed E-state index contributed by atoms with van der Waals surface area (Å²) >= 11 is 3.37. The maximum atomic E-state index is 12.1. The lowest BCUT2D eigenvalue weighted by atomic mass is 10.2. The van der Waals surface area contributed by atoms with Crippen LogP contribution in [0.4, 0.5) is 0 Å². The Morgan fingerprint density at radius 2 is 1.89 bits per heavy atom. The fraction of sp³-hybridized carbons (Fsp3) is 0.176. The number of rotatable bonds is 6. The first kappa shape index (κ1) is 19.3. The van der Waals surface area contributed by atoms with E-state index in [1.165, 1.54) is 18.3 Å². The molecule has 0 fully saturated rings. The van der Waals surface area contributed by atoms with Gasteiger partial charge in [0.15, 0.2) is 11.5 Å². The summed E-state index contributed by atoms with van der Waals surface area (Å²) in [5, 5.41) is 3.83. The van der Waals surface area contributed by atoms with Crippen LogP contribution in [0.3, 0.4) is 0 Å². The monoisotopic (exact) mass is 453 g/mol. The van der Waals surface area contributed by atoms with Crippen molar-refractivity contribution in [3.63, 3.8) is 0 Å². The summed E-state index contributed by atoms with van der Waals surface area (Å²) in [6.45, 7) is 1.57. The zero-order valence-corrected chi connectivity index (χ0v) is 16.6. The van der Waals surface area contributed by atoms with Crippen molar-refractivity contribution in [2.75, 3.05) is 13.3 Å². The van der Waals surface area contributed by atoms with Crippen LogP contribution in [0.25, 0.3) is 0 Å². The fourth-order valence-electron chi connectivity index (χ4n) is 2.21. The van der Waals surface area contributed by atoms with Gasteiger partial charge in [-0.3, -0.25) is 4.79 Å². The van der Waals surface area contributed by atoms with E-state index in [0.717, 1.165) is 5.56 Å². The summed E-state index contributed by atoms with van der Waals surface area (Å²) < 4.78 is 37.7. The molecule has 1 heterocycles. The van der Waals surface area contributed by atoms with E-state index in [-0.39, 0.29) is 11.7 Å². The Labute approximate surface area is 164 Å². The number of benzene rings is 2. The van der Waals surface area contributed by atoms with Crippen molar-refractivity contribution in [2.24, 2.45) is 5.10 Å². The molecular weight excluding hydrogens is 438 g/mol. The third kappa shape index (κ3) is 4.85. The van der Waals surface area contributed by atoms with E-state index >= 15 is 0 Å². The molecule has 10 heteroatoms. The molecule has 0 bridgehead atoms. The van der Waals surface area contributed by atoms with Crippen LogP contribution in [-0.2, 0) is 14.8 Å². The van der Waals surface area contributed by atoms with Crippen LogP contribution < -0.4 is 19.6 Å². The third-order valence-electron chi connectivity index (χ3n) is 3.64. The van der Waals surface area contributed by atoms with Gasteiger partial charge in [0, 0.05) is 10.0 Å². The van der Waals surface area contributed by atoms with E-state index < -0.39 is 22.5 Å². The Morgan fingerprint density at radius 1 is 1.22 bits per heavy atom. The highest BCUT2D eigenvalue weighted by Crippen LogP contribution is 2.36. The van der Waals surface area contributed by atoms with Gasteiger partial charge in [0.1, 0.15) is 0 Å². The van der Waals surface area contributed by atoms with E-state index in [0.29, 0.717) is 21.5 Å². The van der Waals surface area contributed by atoms with E-state index in [1.807, 2.05) is 6.92 Å². The number of hydrogen-bond donors (Lipinski definition) is 2. The summed E-state index contributed by atoms with van der Waals surface area (Å²) in [5.41, 5.74) is 3.88. The topological polar surface area (TPSA) is 106 Å². The van der Waals surface area contributed by atoms with Gasteiger partial charge < -0.3 is 9.47 Å². The van der Waals surface area contributed by atoms with Crippen molar-refractivity contribution in [3.05, 3.63) is 52.0 Å². The molecule has 3 rings (SSSR count). The van der Waals surface area contributed by atoms with Gasteiger partial charge in [0.05, 0.1) is 17.7 Å². The number of sulfonamides is 1. The number of hydrazone groups is 1. The quantitative estimate of drug-likeness (QED) is 0.513. The second-order valence-electron chi connectivity index (χ2n) is 5.66. The summed E-state index contributed by atoms with van der Waals surface area (Å²) in [5.74, 6) is 0.601. The highest BCUT2D eigenvalue weighted by atomic mass is 79.9. The normalized spacial score (nSPS) is 13.1. The van der Waals surface area contributed by atoms with Gasteiger partial charge in [-0.05, 0) is 47.1 Å². The van der Waals surface area contributed by atoms with Gasteiger partial charge in [-0.15, -0.1) is 0 Å². The number of ether oxygens (including phenoxy) is 2. The van der Waals surface area contributed by atoms with Crippen molar-refractivity contribution < 1.29 is 22.7 Å². The average Bonchev–Trinajstić information content (AvgIpc) is 3.07. The number of hydrogen-bond acceptors (Lipinski definition) is 6. The van der Waals surface area contributed by atoms with Crippen LogP contribution >= 0.6 is 15.9 Å². The number of carbonyl (C=O) groups is 1. The number of nitrogens with zero attached hydrogens (tertiary/aromatic N) is 1. The summed E-state index contributed by atoms with van der Waals surface area (Å²) in [4.78, 5) is 11.9. The average molecular weight is 454 g/mol. The molecule has 0 atom stereocenters. The summed E-state index contributed by atoms with van der Waals surface area (Å²) in [6, 6.07) is 9.77. The smallest absolute Gasteiger partial charge is 0.255 e. The Balaban J connectivity index is 1.55. The van der Waals surface area contributed by atoms with Crippen molar-refractivity contribution >= 4 is 38.1 Å². The van der Waals surface area contributed by atoms with Crippen LogP contribution in [0.15, 0.2) is 50.9 Å². The van der Waals surface area contributed by atoms with Crippen LogP contribution in [0.2, 0.25) is 0 Å². The molecule has 1 amide bonds. The van der Waals surface area contributed by atoms with Gasteiger partial charge in [0.2, 0.25) is 16.8 Å². The molecule has 1 aliphatic heterocycles. The molecule has 0 saturated heterocycles. The molecule has 2 aromatic rings. The maximum Gasteiger partial charge on any atom is 0.255 e. The van der Waals surface area contributed by atoms with Crippen LogP contribution in [0, 0.1) is 6.92 Å². The number of nitrogens with one attached hydrogen (secondary N) is 2. The van der Waals surface area contributed by atoms with Crippen LogP contribution in [0.1, 0.15) is 11.1 Å². The minimum absolute atomic E-state index is 0.0914. The summed E-state index contributed by atoms with van der Waals surface area (Å²) in [6.07, 6.45) is 1.42. The zero-order chi connectivity index (χ0) is 19.4. The van der Waals surface area contributed by atoms with Gasteiger partial charge in [-0.2, -0.15) is 5.10 Å². The molecule has 0 spiro atoms. The minimum atomic E-state index is -3.76. The molecule has 0 aliphatic carbocycles. The lowest BCUT2D eigenvalue weighted by Crippen LogP contribution is -2.34. The highest BCUT2D eigenvalue weighted by Gasteiger charge is 2.16. The maximum absolute atomic E-state index is 12.1. The molecule has 1 aliphatic rings. The third-order valence-corrected chi connectivity index (χ3v) is 5.74. The number of fused-ring (bicyclic) bond motifs is 1. The fourth-order valence-corrected chi connectivity index (χ4v) is 3.61. The minimum Gasteiger partial charge on any atom is -0.454 e. The summed E-state index contributed by atoms with van der Waals surface area (Å²) in [7, 11) is -3.76. The highest BCUT2D eigenvalue weighted by molar-refractivity contribution is 9.10. The Morgan fingerprint density at radius 3 is 2.59 bits per heavy atom. The first-order valence-electron chi connectivity index (χ1n) is 7.82. The van der Waals surface area contributed by atoms with Crippen LogP contribution in [0.5, 0.6) is 11.5 Å². The number of amides is 1. The first-order valence-corrected chi connectivity index (χ1v) is 10.1. The van der Waals surface area contributed by atoms with Crippen molar-refractivity contribution in [1.82, 2.24) is 10.1 Å². The van der Waals surface area contributed by atoms with E-state index in [4.69, 9.17) is 9.47 Å². The number of carbonyl (C=O) groups excluding carboxylic acids is 1.